The molecule has 32 heavy (non-hydrogen) atoms. The van der Waals surface area contributed by atoms with E-state index < -0.39 is 0 Å². The number of ether oxygens (including phenoxy) is 3. The Morgan fingerprint density at radius 3 is 2.19 bits per heavy atom. The Morgan fingerprint density at radius 2 is 1.59 bits per heavy atom. The molecule has 0 aliphatic heterocycles. The van der Waals surface area contributed by atoms with E-state index in [1.165, 1.54) is 4.90 Å². The third kappa shape index (κ3) is 4.88. The van der Waals surface area contributed by atoms with Crippen molar-refractivity contribution >= 4 is 16.8 Å². The van der Waals surface area contributed by atoms with Crippen LogP contribution >= 0.6 is 0 Å². The quantitative estimate of drug-likeness (QED) is 0.539. The predicted molar refractivity (Wildman–Crippen MR) is 125 cm³/mol. The first kappa shape index (κ1) is 23.2. The van der Waals surface area contributed by atoms with Gasteiger partial charge in [-0.3, -0.25) is 9.59 Å². The molecule has 0 bridgehead atoms. The van der Waals surface area contributed by atoms with Crippen LogP contribution < -0.4 is 19.8 Å². The minimum Gasteiger partial charge on any atom is -0.490 e. The number of hydrogen-bond donors (Lipinski definition) is 1. The molecular formula is C25H30N2O5. The summed E-state index contributed by atoms with van der Waals surface area (Å²) >= 11 is 0. The zero-order valence-corrected chi connectivity index (χ0v) is 19.3. The summed E-state index contributed by atoms with van der Waals surface area (Å²) in [4.78, 5) is 30.3. The number of nitrogens with zero attached hydrogens (tertiary/aromatic N) is 1. The first-order valence-electron chi connectivity index (χ1n) is 10.8. The Balaban J connectivity index is 1.93. The Morgan fingerprint density at radius 1 is 0.969 bits per heavy atom. The Hall–Kier alpha value is -3.48. The van der Waals surface area contributed by atoms with E-state index in [4.69, 9.17) is 14.2 Å². The lowest BCUT2D eigenvalue weighted by Gasteiger charge is -2.20. The van der Waals surface area contributed by atoms with Gasteiger partial charge in [-0.25, -0.2) is 0 Å². The number of fused-ring (bicyclic) bond motifs is 1. The number of aromatic nitrogens is 1. The van der Waals surface area contributed by atoms with Crippen LogP contribution in [-0.2, 0) is 6.54 Å². The lowest BCUT2D eigenvalue weighted by atomic mass is 10.1. The van der Waals surface area contributed by atoms with Crippen LogP contribution in [0.15, 0.2) is 41.2 Å². The molecule has 0 saturated carbocycles. The average molecular weight is 439 g/mol. The molecule has 1 aromatic heterocycles. The van der Waals surface area contributed by atoms with Gasteiger partial charge in [0, 0.05) is 18.2 Å². The fourth-order valence-corrected chi connectivity index (χ4v) is 3.61. The maximum Gasteiger partial charge on any atom is 0.254 e. The van der Waals surface area contributed by atoms with Crippen molar-refractivity contribution in [3.05, 3.63) is 63.4 Å². The molecule has 0 saturated heterocycles. The highest BCUT2D eigenvalue weighted by molar-refractivity contribution is 5.95. The van der Waals surface area contributed by atoms with Gasteiger partial charge in [0.15, 0.2) is 11.5 Å². The van der Waals surface area contributed by atoms with E-state index in [2.05, 4.69) is 4.98 Å². The van der Waals surface area contributed by atoms with Crippen molar-refractivity contribution in [3.63, 3.8) is 0 Å². The number of rotatable bonds is 9. The van der Waals surface area contributed by atoms with E-state index in [9.17, 15) is 9.59 Å². The summed E-state index contributed by atoms with van der Waals surface area (Å²) in [5, 5.41) is 0.929. The largest absolute Gasteiger partial charge is 0.490 e. The molecule has 0 aliphatic rings. The van der Waals surface area contributed by atoms with Gasteiger partial charge < -0.3 is 24.1 Å². The number of H-pyrrole nitrogens is 1. The topological polar surface area (TPSA) is 80.9 Å². The van der Waals surface area contributed by atoms with Gasteiger partial charge in [0.05, 0.1) is 31.9 Å². The van der Waals surface area contributed by atoms with Gasteiger partial charge in [0.2, 0.25) is 5.75 Å². The van der Waals surface area contributed by atoms with Crippen LogP contribution in [-0.4, -0.2) is 42.7 Å². The molecule has 0 aliphatic carbocycles. The summed E-state index contributed by atoms with van der Waals surface area (Å²) < 4.78 is 17.1. The lowest BCUT2D eigenvalue weighted by Crippen LogP contribution is -2.29. The average Bonchev–Trinajstić information content (AvgIpc) is 2.77. The zero-order chi connectivity index (χ0) is 23.3. The molecule has 0 radical (unpaired) electrons. The Bertz CT molecular complexity index is 1140. The van der Waals surface area contributed by atoms with Crippen LogP contribution in [0.2, 0.25) is 0 Å². The second-order valence-electron chi connectivity index (χ2n) is 7.42. The molecule has 7 nitrogen and oxygen atoms in total. The minimum atomic E-state index is -0.251. The smallest absolute Gasteiger partial charge is 0.254 e. The molecule has 0 fully saturated rings. The van der Waals surface area contributed by atoms with E-state index >= 15 is 0 Å². The van der Waals surface area contributed by atoms with Crippen molar-refractivity contribution in [1.29, 1.82) is 0 Å². The predicted octanol–water partition coefficient (Wildman–Crippen LogP) is 4.30. The van der Waals surface area contributed by atoms with Crippen molar-refractivity contribution in [2.75, 3.05) is 26.9 Å². The zero-order valence-electron chi connectivity index (χ0n) is 19.3. The maximum atomic E-state index is 13.2. The first-order chi connectivity index (χ1) is 15.4. The summed E-state index contributed by atoms with van der Waals surface area (Å²) in [7, 11) is 1.67. The van der Waals surface area contributed by atoms with Crippen LogP contribution in [0.3, 0.4) is 0 Å². The minimum absolute atomic E-state index is 0.166. The maximum absolute atomic E-state index is 13.2. The molecule has 0 atom stereocenters. The van der Waals surface area contributed by atoms with Gasteiger partial charge in [-0.05, 0) is 56.8 Å². The molecule has 1 amide bonds. The van der Waals surface area contributed by atoms with Crippen LogP contribution in [0.25, 0.3) is 10.9 Å². The summed E-state index contributed by atoms with van der Waals surface area (Å²) in [5.41, 5.74) is 2.51. The van der Waals surface area contributed by atoms with E-state index in [0.29, 0.717) is 48.2 Å². The normalized spacial score (nSPS) is 10.8. The van der Waals surface area contributed by atoms with Gasteiger partial charge >= 0.3 is 0 Å². The molecule has 1 heterocycles. The fourth-order valence-electron chi connectivity index (χ4n) is 3.61. The van der Waals surface area contributed by atoms with Crippen molar-refractivity contribution in [1.82, 2.24) is 9.88 Å². The molecule has 0 unspecified atom stereocenters. The van der Waals surface area contributed by atoms with E-state index in [-0.39, 0.29) is 18.0 Å². The number of carbonyl (C=O) groups excluding carboxylic acids is 1. The highest BCUT2D eigenvalue weighted by Crippen LogP contribution is 2.39. The molecule has 0 spiro atoms. The number of pyridine rings is 1. The number of para-hydroxylation sites is 1. The standard InChI is InChI=1S/C25H30N2O5/c1-6-30-20-13-18(14-21(31-7-2)23(20)32-8-3)25(29)27(5)15-19-12-17-11-9-10-16(4)22(17)26-24(19)28/h9-14H,6-8,15H2,1-5H3,(H,26,28). The lowest BCUT2D eigenvalue weighted by molar-refractivity contribution is 0.0783. The molecule has 2 aromatic carbocycles. The highest BCUT2D eigenvalue weighted by atomic mass is 16.5. The van der Waals surface area contributed by atoms with Crippen molar-refractivity contribution < 1.29 is 19.0 Å². The van der Waals surface area contributed by atoms with Gasteiger partial charge in [0.1, 0.15) is 0 Å². The molecular weight excluding hydrogens is 408 g/mol. The molecule has 3 rings (SSSR count). The van der Waals surface area contributed by atoms with Gasteiger partial charge in [0.25, 0.3) is 11.5 Å². The molecule has 170 valence electrons. The number of benzene rings is 2. The molecule has 3 aromatic rings. The highest BCUT2D eigenvalue weighted by Gasteiger charge is 2.21. The molecule has 7 heteroatoms. The summed E-state index contributed by atoms with van der Waals surface area (Å²) in [6, 6.07) is 11.0. The first-order valence-corrected chi connectivity index (χ1v) is 10.8. The van der Waals surface area contributed by atoms with Gasteiger partial charge in [-0.15, -0.1) is 0 Å². The van der Waals surface area contributed by atoms with Crippen LogP contribution in [0.1, 0.15) is 42.3 Å². The van der Waals surface area contributed by atoms with Crippen LogP contribution in [0.4, 0.5) is 0 Å². The summed E-state index contributed by atoms with van der Waals surface area (Å²) in [5.74, 6) is 1.14. The van der Waals surface area contributed by atoms with E-state index in [1.54, 1.807) is 19.2 Å². The van der Waals surface area contributed by atoms with Crippen molar-refractivity contribution in [2.24, 2.45) is 0 Å². The van der Waals surface area contributed by atoms with Crippen molar-refractivity contribution in [2.45, 2.75) is 34.2 Å². The fraction of sp³-hybridized carbons (Fsp3) is 0.360. The number of aryl methyl sites for hydroxylation is 1. The van der Waals surface area contributed by atoms with E-state index in [0.717, 1.165) is 16.5 Å². The third-order valence-corrected chi connectivity index (χ3v) is 5.08. The second kappa shape index (κ2) is 10.2. The van der Waals surface area contributed by atoms with Crippen LogP contribution in [0, 0.1) is 6.92 Å². The number of hydrogen-bond acceptors (Lipinski definition) is 5. The number of carbonyl (C=O) groups is 1. The third-order valence-electron chi connectivity index (χ3n) is 5.08. The summed E-state index contributed by atoms with van der Waals surface area (Å²) in [6.45, 7) is 9.01. The summed E-state index contributed by atoms with van der Waals surface area (Å²) in [6.07, 6.45) is 0. The van der Waals surface area contributed by atoms with Gasteiger partial charge in [-0.1, -0.05) is 18.2 Å². The Kier molecular flexibility index (Phi) is 7.41. The molecule has 1 N–H and O–H groups in total. The Labute approximate surface area is 187 Å². The monoisotopic (exact) mass is 438 g/mol. The van der Waals surface area contributed by atoms with Gasteiger partial charge in [-0.2, -0.15) is 0 Å². The van der Waals surface area contributed by atoms with E-state index in [1.807, 2.05) is 52.0 Å². The second-order valence-corrected chi connectivity index (χ2v) is 7.42. The SMILES string of the molecule is CCOc1cc(C(=O)N(C)Cc2cc3cccc(C)c3[nH]c2=O)cc(OCC)c1OCC. The van der Waals surface area contributed by atoms with Crippen LogP contribution in [0.5, 0.6) is 17.2 Å². The number of amides is 1. The number of nitrogens with one attached hydrogen (secondary N) is 1. The number of aromatic amines is 1. The van der Waals surface area contributed by atoms with Crippen molar-refractivity contribution in [3.8, 4) is 17.2 Å².